The average molecular weight is 338 g/mol. The highest BCUT2D eigenvalue weighted by Crippen LogP contribution is 2.23. The summed E-state index contributed by atoms with van der Waals surface area (Å²) >= 11 is 3.19. The van der Waals surface area contributed by atoms with Crippen LogP contribution in [0.25, 0.3) is 0 Å². The number of nitrogens with zero attached hydrogens (tertiary/aromatic N) is 2. The quantitative estimate of drug-likeness (QED) is 0.892. The summed E-state index contributed by atoms with van der Waals surface area (Å²) in [5.74, 6) is -0.223. The van der Waals surface area contributed by atoms with Crippen LogP contribution in [0, 0.1) is 6.92 Å². The van der Waals surface area contributed by atoms with E-state index in [1.165, 1.54) is 13.2 Å². The Balaban J connectivity index is 2.32. The Morgan fingerprint density at radius 3 is 2.75 bits per heavy atom. The molecule has 0 atom stereocenters. The van der Waals surface area contributed by atoms with Gasteiger partial charge in [-0.1, -0.05) is 0 Å². The third-order valence-electron chi connectivity index (χ3n) is 2.49. The highest BCUT2D eigenvalue weighted by atomic mass is 79.9. The summed E-state index contributed by atoms with van der Waals surface area (Å²) < 4.78 is 5.57. The molecule has 1 heterocycles. The Labute approximate surface area is 124 Å². The Bertz CT molecular complexity index is 661. The summed E-state index contributed by atoms with van der Waals surface area (Å²) in [5.41, 5.74) is 1.49. The fourth-order valence-corrected chi connectivity index (χ4v) is 2.01. The maximum atomic E-state index is 11.1. The molecule has 2 N–H and O–H groups in total. The SMILES string of the molecule is COc1cc(C)nc(Nc2ccc(Br)c(C(=O)O)c2)n1. The molecule has 1 aromatic carbocycles. The largest absolute Gasteiger partial charge is 0.481 e. The average Bonchev–Trinajstić information content (AvgIpc) is 2.40. The van der Waals surface area contributed by atoms with Crippen LogP contribution in [0.4, 0.5) is 11.6 Å². The summed E-state index contributed by atoms with van der Waals surface area (Å²) in [6, 6.07) is 6.59. The molecule has 104 valence electrons. The molecule has 0 spiro atoms. The number of carbonyl (C=O) groups is 1. The van der Waals surface area contributed by atoms with Crippen molar-refractivity contribution in [3.05, 3.63) is 40.0 Å². The van der Waals surface area contributed by atoms with Crippen molar-refractivity contribution >= 4 is 33.5 Å². The van der Waals surface area contributed by atoms with Gasteiger partial charge in [0.25, 0.3) is 0 Å². The van der Waals surface area contributed by atoms with Gasteiger partial charge in [0.2, 0.25) is 11.8 Å². The first-order valence-corrected chi connectivity index (χ1v) is 6.48. The number of aromatic carboxylic acids is 1. The summed E-state index contributed by atoms with van der Waals surface area (Å²) in [4.78, 5) is 19.4. The lowest BCUT2D eigenvalue weighted by Gasteiger charge is -2.08. The Hall–Kier alpha value is -2.15. The molecule has 7 heteroatoms. The van der Waals surface area contributed by atoms with Crippen molar-refractivity contribution in [2.45, 2.75) is 6.92 Å². The monoisotopic (exact) mass is 337 g/mol. The summed E-state index contributed by atoms with van der Waals surface area (Å²) in [6.45, 7) is 1.82. The second-order valence-corrected chi connectivity index (χ2v) is 4.85. The fraction of sp³-hybridized carbons (Fsp3) is 0.154. The normalized spacial score (nSPS) is 10.2. The number of methoxy groups -OCH3 is 1. The van der Waals surface area contributed by atoms with E-state index in [0.29, 0.717) is 22.0 Å². The van der Waals surface area contributed by atoms with Crippen LogP contribution in [0.5, 0.6) is 5.88 Å². The maximum absolute atomic E-state index is 11.1. The molecular weight excluding hydrogens is 326 g/mol. The van der Waals surface area contributed by atoms with Crippen LogP contribution in [-0.2, 0) is 0 Å². The second kappa shape index (κ2) is 5.87. The van der Waals surface area contributed by atoms with Crippen LogP contribution in [0.3, 0.4) is 0 Å². The number of hydrogen-bond acceptors (Lipinski definition) is 5. The minimum atomic E-state index is -1.01. The molecule has 2 aromatic rings. The fourth-order valence-electron chi connectivity index (χ4n) is 1.60. The number of nitrogens with one attached hydrogen (secondary N) is 1. The topological polar surface area (TPSA) is 84.3 Å². The van der Waals surface area contributed by atoms with E-state index >= 15 is 0 Å². The molecule has 2 rings (SSSR count). The number of ether oxygens (including phenoxy) is 1. The lowest BCUT2D eigenvalue weighted by atomic mass is 10.2. The van der Waals surface area contributed by atoms with Gasteiger partial charge in [0.05, 0.1) is 12.7 Å². The van der Waals surface area contributed by atoms with Gasteiger partial charge in [-0.15, -0.1) is 0 Å². The molecule has 0 unspecified atom stereocenters. The van der Waals surface area contributed by atoms with Crippen molar-refractivity contribution in [2.24, 2.45) is 0 Å². The van der Waals surface area contributed by atoms with E-state index in [4.69, 9.17) is 9.84 Å². The van der Waals surface area contributed by atoms with E-state index in [9.17, 15) is 4.79 Å². The lowest BCUT2D eigenvalue weighted by Crippen LogP contribution is -2.03. The molecule has 1 aromatic heterocycles. The van der Waals surface area contributed by atoms with Crippen LogP contribution < -0.4 is 10.1 Å². The maximum Gasteiger partial charge on any atom is 0.336 e. The van der Waals surface area contributed by atoms with Gasteiger partial charge in [0.1, 0.15) is 0 Å². The van der Waals surface area contributed by atoms with Crippen LogP contribution in [-0.4, -0.2) is 28.2 Å². The van der Waals surface area contributed by atoms with Gasteiger partial charge in [-0.25, -0.2) is 9.78 Å². The summed E-state index contributed by atoms with van der Waals surface area (Å²) in [6.07, 6.45) is 0. The number of aryl methyl sites for hydroxylation is 1. The zero-order valence-electron chi connectivity index (χ0n) is 10.8. The molecule has 0 aliphatic rings. The summed E-state index contributed by atoms with van der Waals surface area (Å²) in [5, 5.41) is 12.0. The van der Waals surface area contributed by atoms with Crippen molar-refractivity contribution in [3.8, 4) is 5.88 Å². The molecule has 0 saturated heterocycles. The number of benzene rings is 1. The predicted molar refractivity (Wildman–Crippen MR) is 77.7 cm³/mol. The van der Waals surface area contributed by atoms with Crippen molar-refractivity contribution in [2.75, 3.05) is 12.4 Å². The third kappa shape index (κ3) is 3.24. The highest BCUT2D eigenvalue weighted by Gasteiger charge is 2.10. The molecule has 6 nitrogen and oxygen atoms in total. The Kier molecular flexibility index (Phi) is 4.19. The molecule has 0 aliphatic carbocycles. The van der Waals surface area contributed by atoms with Crippen LogP contribution in [0.15, 0.2) is 28.7 Å². The molecule has 0 aliphatic heterocycles. The molecular formula is C13H12BrN3O3. The van der Waals surface area contributed by atoms with E-state index in [-0.39, 0.29) is 5.56 Å². The number of carboxylic acids is 1. The number of rotatable bonds is 4. The van der Waals surface area contributed by atoms with Crippen LogP contribution in [0.1, 0.15) is 16.1 Å². The number of halogens is 1. The van der Waals surface area contributed by atoms with E-state index in [1.807, 2.05) is 6.92 Å². The lowest BCUT2D eigenvalue weighted by molar-refractivity contribution is 0.0696. The van der Waals surface area contributed by atoms with E-state index in [0.717, 1.165) is 5.69 Å². The van der Waals surface area contributed by atoms with E-state index in [2.05, 4.69) is 31.2 Å². The zero-order chi connectivity index (χ0) is 14.7. The molecule has 0 saturated carbocycles. The minimum absolute atomic E-state index is 0.162. The third-order valence-corrected chi connectivity index (χ3v) is 3.18. The van der Waals surface area contributed by atoms with Gasteiger partial charge >= 0.3 is 5.97 Å². The van der Waals surface area contributed by atoms with Crippen molar-refractivity contribution < 1.29 is 14.6 Å². The summed E-state index contributed by atoms with van der Waals surface area (Å²) in [7, 11) is 1.52. The number of hydrogen-bond donors (Lipinski definition) is 2. The van der Waals surface area contributed by atoms with Crippen LogP contribution in [0.2, 0.25) is 0 Å². The van der Waals surface area contributed by atoms with Gasteiger partial charge in [0, 0.05) is 21.9 Å². The standard InChI is InChI=1S/C13H12BrN3O3/c1-7-5-11(20-2)17-13(15-7)16-8-3-4-10(14)9(6-8)12(18)19/h3-6H,1-2H3,(H,18,19)(H,15,16,17). The number of anilines is 2. The van der Waals surface area contributed by atoms with Gasteiger partial charge in [-0.3, -0.25) is 0 Å². The predicted octanol–water partition coefficient (Wildman–Crippen LogP) is 3.00. The van der Waals surface area contributed by atoms with E-state index < -0.39 is 5.97 Å². The van der Waals surface area contributed by atoms with Crippen molar-refractivity contribution in [1.29, 1.82) is 0 Å². The first-order chi connectivity index (χ1) is 9.49. The van der Waals surface area contributed by atoms with E-state index in [1.54, 1.807) is 18.2 Å². The molecule has 0 radical (unpaired) electrons. The van der Waals surface area contributed by atoms with Gasteiger partial charge in [-0.05, 0) is 41.1 Å². The highest BCUT2D eigenvalue weighted by molar-refractivity contribution is 9.10. The Morgan fingerprint density at radius 1 is 1.35 bits per heavy atom. The first kappa shape index (κ1) is 14.3. The number of carboxylic acid groups (broad SMARTS) is 1. The zero-order valence-corrected chi connectivity index (χ0v) is 12.4. The second-order valence-electron chi connectivity index (χ2n) is 4.00. The molecule has 0 fully saturated rings. The number of aromatic nitrogens is 2. The molecule has 0 bridgehead atoms. The van der Waals surface area contributed by atoms with Crippen molar-refractivity contribution in [1.82, 2.24) is 9.97 Å². The van der Waals surface area contributed by atoms with Gasteiger partial charge in [-0.2, -0.15) is 4.98 Å². The molecule has 20 heavy (non-hydrogen) atoms. The van der Waals surface area contributed by atoms with Crippen molar-refractivity contribution in [3.63, 3.8) is 0 Å². The minimum Gasteiger partial charge on any atom is -0.481 e. The molecule has 0 amide bonds. The van der Waals surface area contributed by atoms with Gasteiger partial charge in [0.15, 0.2) is 0 Å². The smallest absolute Gasteiger partial charge is 0.336 e. The first-order valence-electron chi connectivity index (χ1n) is 5.69. The Morgan fingerprint density at radius 2 is 2.10 bits per heavy atom. The van der Waals surface area contributed by atoms with Crippen LogP contribution >= 0.6 is 15.9 Å². The van der Waals surface area contributed by atoms with Gasteiger partial charge < -0.3 is 15.2 Å².